The van der Waals surface area contributed by atoms with Crippen LogP contribution in [0, 0.1) is 0 Å². The van der Waals surface area contributed by atoms with Gasteiger partial charge < -0.3 is 25.6 Å². The maximum Gasteiger partial charge on any atom is 0.262 e. The smallest absolute Gasteiger partial charge is 0.262 e. The Morgan fingerprint density at radius 1 is 1.12 bits per heavy atom. The Balaban J connectivity index is 1.45. The van der Waals surface area contributed by atoms with Gasteiger partial charge in [-0.15, -0.1) is 0 Å². The third kappa shape index (κ3) is 4.51. The average molecular weight is 443 g/mol. The number of anilines is 4. The van der Waals surface area contributed by atoms with Crippen LogP contribution in [-0.2, 0) is 11.2 Å². The van der Waals surface area contributed by atoms with Gasteiger partial charge in [0.15, 0.2) is 6.33 Å². The summed E-state index contributed by atoms with van der Waals surface area (Å²) >= 11 is 0. The van der Waals surface area contributed by atoms with Crippen molar-refractivity contribution in [1.29, 1.82) is 0 Å². The van der Waals surface area contributed by atoms with Crippen molar-refractivity contribution < 1.29 is 14.4 Å². The van der Waals surface area contributed by atoms with E-state index in [2.05, 4.69) is 36.1 Å². The molecule has 0 fully saturated rings. The van der Waals surface area contributed by atoms with Crippen molar-refractivity contribution >= 4 is 29.0 Å². The minimum atomic E-state index is -0.400. The van der Waals surface area contributed by atoms with Crippen molar-refractivity contribution in [1.82, 2.24) is 20.1 Å². The number of fused-ring (bicyclic) bond motifs is 1. The molecule has 2 aromatic heterocycles. The van der Waals surface area contributed by atoms with E-state index in [4.69, 9.17) is 4.52 Å². The van der Waals surface area contributed by atoms with Gasteiger partial charge in [0, 0.05) is 24.0 Å². The van der Waals surface area contributed by atoms with Crippen LogP contribution in [0.25, 0.3) is 11.5 Å². The fourth-order valence-corrected chi connectivity index (χ4v) is 3.68. The van der Waals surface area contributed by atoms with E-state index in [1.165, 1.54) is 6.33 Å². The molecular formula is C23H21N7O3. The van der Waals surface area contributed by atoms with Crippen molar-refractivity contribution in [3.63, 3.8) is 0 Å². The third-order valence-corrected chi connectivity index (χ3v) is 5.33. The fraction of sp³-hybridized carbons (Fsp3) is 0.174. The molecule has 0 aliphatic carbocycles. The number of aliphatic hydroxyl groups excluding tert-OH is 1. The molecule has 0 spiro atoms. The van der Waals surface area contributed by atoms with Crippen LogP contribution >= 0.6 is 0 Å². The molecule has 166 valence electrons. The van der Waals surface area contributed by atoms with E-state index in [-0.39, 0.29) is 18.4 Å². The summed E-state index contributed by atoms with van der Waals surface area (Å²) in [6, 6.07) is 14.9. The summed E-state index contributed by atoms with van der Waals surface area (Å²) < 4.78 is 5.21. The molecule has 10 nitrogen and oxygen atoms in total. The zero-order valence-electron chi connectivity index (χ0n) is 17.5. The highest BCUT2D eigenvalue weighted by molar-refractivity contribution is 5.94. The molecule has 0 saturated heterocycles. The maximum absolute atomic E-state index is 11.6. The number of carbonyl (C=O) groups is 1. The first-order valence-electron chi connectivity index (χ1n) is 10.5. The summed E-state index contributed by atoms with van der Waals surface area (Å²) in [4.78, 5) is 24.7. The van der Waals surface area contributed by atoms with E-state index in [9.17, 15) is 9.90 Å². The highest BCUT2D eigenvalue weighted by Crippen LogP contribution is 2.30. The number of amides is 1. The van der Waals surface area contributed by atoms with E-state index >= 15 is 0 Å². The quantitative estimate of drug-likeness (QED) is 0.339. The van der Waals surface area contributed by atoms with Crippen molar-refractivity contribution in [2.75, 3.05) is 22.6 Å². The SMILES string of the molecule is O=C1CCc2cc(Nc3ncc(-c4ncno4)c(N[C@H](CO)c4ccccc4)n3)ccc2N1. The maximum atomic E-state index is 11.6. The Hall–Kier alpha value is -4.31. The molecule has 33 heavy (non-hydrogen) atoms. The van der Waals surface area contributed by atoms with E-state index < -0.39 is 6.04 Å². The molecule has 2 aromatic carbocycles. The lowest BCUT2D eigenvalue weighted by molar-refractivity contribution is -0.116. The highest BCUT2D eigenvalue weighted by Gasteiger charge is 2.19. The minimum absolute atomic E-state index is 0.0238. The van der Waals surface area contributed by atoms with Crippen LogP contribution in [0.15, 0.2) is 65.6 Å². The van der Waals surface area contributed by atoms with Gasteiger partial charge in [0.1, 0.15) is 11.4 Å². The van der Waals surface area contributed by atoms with Crippen molar-refractivity contribution in [3.05, 3.63) is 72.2 Å². The van der Waals surface area contributed by atoms with Crippen LogP contribution < -0.4 is 16.0 Å². The van der Waals surface area contributed by atoms with Gasteiger partial charge in [-0.1, -0.05) is 35.5 Å². The summed E-state index contributed by atoms with van der Waals surface area (Å²) in [6.07, 6.45) is 4.03. The number of hydrogen-bond acceptors (Lipinski definition) is 9. The van der Waals surface area contributed by atoms with Crippen LogP contribution in [-0.4, -0.2) is 37.7 Å². The summed E-state index contributed by atoms with van der Waals surface area (Å²) in [7, 11) is 0. The number of rotatable bonds is 7. The lowest BCUT2D eigenvalue weighted by Crippen LogP contribution is -2.19. The second kappa shape index (κ2) is 9.05. The predicted molar refractivity (Wildman–Crippen MR) is 122 cm³/mol. The second-order valence-electron chi connectivity index (χ2n) is 7.54. The standard InChI is InChI=1S/C23H21N7O3/c31-12-19(14-4-2-1-3-5-14)29-21-17(22-25-13-26-33-22)11-24-23(30-21)27-16-7-8-18-15(10-16)6-9-20(32)28-18/h1-5,7-8,10-11,13,19,31H,6,9,12H2,(H,28,32)(H2,24,27,29,30)/t19-/m1/s1. The molecule has 10 heteroatoms. The molecule has 0 saturated carbocycles. The topological polar surface area (TPSA) is 138 Å². The molecule has 4 aromatic rings. The number of aryl methyl sites for hydroxylation is 1. The third-order valence-electron chi connectivity index (χ3n) is 5.33. The number of aromatic nitrogens is 4. The summed E-state index contributed by atoms with van der Waals surface area (Å²) in [5.41, 5.74) is 4.08. The molecule has 1 atom stereocenters. The van der Waals surface area contributed by atoms with Gasteiger partial charge in [0.2, 0.25) is 11.9 Å². The number of nitrogens with one attached hydrogen (secondary N) is 3. The molecule has 5 rings (SSSR count). The van der Waals surface area contributed by atoms with Crippen LogP contribution in [0.3, 0.4) is 0 Å². The molecule has 4 N–H and O–H groups in total. The monoisotopic (exact) mass is 443 g/mol. The number of hydrogen-bond donors (Lipinski definition) is 4. The van der Waals surface area contributed by atoms with E-state index in [1.807, 2.05) is 48.5 Å². The molecule has 1 aliphatic rings. The van der Waals surface area contributed by atoms with Gasteiger partial charge in [-0.25, -0.2) is 4.98 Å². The van der Waals surface area contributed by atoms with Gasteiger partial charge in [-0.2, -0.15) is 9.97 Å². The minimum Gasteiger partial charge on any atom is -0.394 e. The first-order valence-corrected chi connectivity index (χ1v) is 10.5. The molecule has 0 radical (unpaired) electrons. The molecule has 1 amide bonds. The number of carbonyl (C=O) groups excluding carboxylic acids is 1. The largest absolute Gasteiger partial charge is 0.394 e. The van der Waals surface area contributed by atoms with Gasteiger partial charge in [-0.05, 0) is 35.7 Å². The molecule has 1 aliphatic heterocycles. The summed E-state index contributed by atoms with van der Waals surface area (Å²) in [6.45, 7) is -0.142. The highest BCUT2D eigenvalue weighted by atomic mass is 16.5. The Bertz CT molecular complexity index is 1260. The zero-order chi connectivity index (χ0) is 22.6. The Morgan fingerprint density at radius 3 is 2.79 bits per heavy atom. The lowest BCUT2D eigenvalue weighted by Gasteiger charge is -2.20. The van der Waals surface area contributed by atoms with Crippen LogP contribution in [0.4, 0.5) is 23.1 Å². The molecule has 0 bridgehead atoms. The summed E-state index contributed by atoms with van der Waals surface area (Å²) in [5.74, 6) is 1.07. The Labute approximate surface area is 189 Å². The van der Waals surface area contributed by atoms with Crippen molar-refractivity contribution in [2.45, 2.75) is 18.9 Å². The van der Waals surface area contributed by atoms with Gasteiger partial charge in [0.05, 0.1) is 12.6 Å². The Morgan fingerprint density at radius 2 is 2.00 bits per heavy atom. The first-order chi connectivity index (χ1) is 16.2. The van der Waals surface area contributed by atoms with Crippen molar-refractivity contribution in [3.8, 4) is 11.5 Å². The van der Waals surface area contributed by atoms with Crippen LogP contribution in [0.5, 0.6) is 0 Å². The molecule has 0 unspecified atom stereocenters. The summed E-state index contributed by atoms with van der Waals surface area (Å²) in [5, 5.41) is 23.0. The van der Waals surface area contributed by atoms with Gasteiger partial charge >= 0.3 is 0 Å². The van der Waals surface area contributed by atoms with E-state index in [1.54, 1.807) is 6.20 Å². The van der Waals surface area contributed by atoms with Gasteiger partial charge in [0.25, 0.3) is 5.89 Å². The van der Waals surface area contributed by atoms with Gasteiger partial charge in [-0.3, -0.25) is 4.79 Å². The second-order valence-corrected chi connectivity index (χ2v) is 7.54. The predicted octanol–water partition coefficient (Wildman–Crippen LogP) is 3.30. The first kappa shape index (κ1) is 20.6. The lowest BCUT2D eigenvalue weighted by atomic mass is 10.0. The fourth-order valence-electron chi connectivity index (χ4n) is 3.68. The zero-order valence-corrected chi connectivity index (χ0v) is 17.5. The number of nitrogens with zero attached hydrogens (tertiary/aromatic N) is 4. The Kier molecular flexibility index (Phi) is 5.64. The number of aliphatic hydroxyl groups is 1. The van der Waals surface area contributed by atoms with Crippen LogP contribution in [0.1, 0.15) is 23.6 Å². The van der Waals surface area contributed by atoms with E-state index in [0.717, 1.165) is 22.5 Å². The van der Waals surface area contributed by atoms with Crippen LogP contribution in [0.2, 0.25) is 0 Å². The van der Waals surface area contributed by atoms with E-state index in [0.29, 0.717) is 30.2 Å². The molecule has 3 heterocycles. The van der Waals surface area contributed by atoms with Crippen molar-refractivity contribution in [2.24, 2.45) is 0 Å². The molecular weight excluding hydrogens is 422 g/mol. The number of benzene rings is 2. The average Bonchev–Trinajstić information content (AvgIpc) is 3.38. The normalized spacial score (nSPS) is 13.7.